The van der Waals surface area contributed by atoms with Crippen molar-refractivity contribution < 1.29 is 4.79 Å². The van der Waals surface area contributed by atoms with Gasteiger partial charge in [-0.3, -0.25) is 4.79 Å². The van der Waals surface area contributed by atoms with E-state index in [0.717, 1.165) is 37.1 Å². The van der Waals surface area contributed by atoms with Crippen LogP contribution in [0.1, 0.15) is 64.2 Å². The van der Waals surface area contributed by atoms with Gasteiger partial charge in [-0.1, -0.05) is 0 Å². The van der Waals surface area contributed by atoms with Gasteiger partial charge in [0.1, 0.15) is 5.78 Å². The van der Waals surface area contributed by atoms with Crippen LogP contribution in [0.15, 0.2) is 0 Å². The molecule has 0 aromatic rings. The van der Waals surface area contributed by atoms with Crippen molar-refractivity contribution in [1.29, 1.82) is 0 Å². The molecule has 2 heteroatoms. The lowest BCUT2D eigenvalue weighted by molar-refractivity contribution is -0.123. The molecule has 2 nitrogen and oxygen atoms in total. The van der Waals surface area contributed by atoms with Crippen molar-refractivity contribution >= 4 is 5.78 Å². The summed E-state index contributed by atoms with van der Waals surface area (Å²) in [6.45, 7) is 1.05. The lowest BCUT2D eigenvalue weighted by Crippen LogP contribution is -2.46. The molecule has 1 saturated heterocycles. The van der Waals surface area contributed by atoms with E-state index in [1.165, 1.54) is 51.4 Å². The molecule has 4 aliphatic carbocycles. The van der Waals surface area contributed by atoms with Crippen LogP contribution in [0.4, 0.5) is 0 Å². The van der Waals surface area contributed by atoms with Gasteiger partial charge in [0.25, 0.3) is 0 Å². The van der Waals surface area contributed by atoms with E-state index in [-0.39, 0.29) is 6.04 Å². The average molecular weight is 261 g/mol. The van der Waals surface area contributed by atoms with Gasteiger partial charge >= 0.3 is 0 Å². The number of ketones is 1. The van der Waals surface area contributed by atoms with Crippen molar-refractivity contribution in [2.24, 2.45) is 23.2 Å². The van der Waals surface area contributed by atoms with Gasteiger partial charge < -0.3 is 5.32 Å². The highest BCUT2D eigenvalue weighted by molar-refractivity contribution is 5.84. The van der Waals surface area contributed by atoms with Crippen LogP contribution in [0.25, 0.3) is 0 Å². The molecule has 1 unspecified atom stereocenters. The molecule has 4 saturated carbocycles. The number of carbonyl (C=O) groups is 1. The summed E-state index contributed by atoms with van der Waals surface area (Å²) in [4.78, 5) is 12.3. The molecule has 0 amide bonds. The van der Waals surface area contributed by atoms with Crippen LogP contribution < -0.4 is 5.32 Å². The van der Waals surface area contributed by atoms with Crippen molar-refractivity contribution in [3.8, 4) is 0 Å². The fraction of sp³-hybridized carbons (Fsp3) is 0.941. The summed E-state index contributed by atoms with van der Waals surface area (Å²) in [6, 6.07) is 0.203. The van der Waals surface area contributed by atoms with E-state index in [2.05, 4.69) is 5.32 Å². The summed E-state index contributed by atoms with van der Waals surface area (Å²) in [5.41, 5.74) is 0.586. The molecule has 0 radical (unpaired) electrons. The largest absolute Gasteiger partial charge is 0.307 e. The highest BCUT2D eigenvalue weighted by Gasteiger charge is 2.50. The summed E-state index contributed by atoms with van der Waals surface area (Å²) in [6.07, 6.45) is 13.2. The Kier molecular flexibility index (Phi) is 2.98. The van der Waals surface area contributed by atoms with Crippen molar-refractivity contribution in [1.82, 2.24) is 5.32 Å². The zero-order valence-electron chi connectivity index (χ0n) is 12.0. The van der Waals surface area contributed by atoms with Crippen LogP contribution in [0.5, 0.6) is 0 Å². The summed E-state index contributed by atoms with van der Waals surface area (Å²) in [7, 11) is 0. The summed E-state index contributed by atoms with van der Waals surface area (Å²) < 4.78 is 0. The van der Waals surface area contributed by atoms with Crippen molar-refractivity contribution in [3.63, 3.8) is 0 Å². The van der Waals surface area contributed by atoms with E-state index in [1.54, 1.807) is 0 Å². The van der Waals surface area contributed by atoms with Gasteiger partial charge in [-0.15, -0.1) is 0 Å². The molecule has 5 aliphatic rings. The normalized spacial score (nSPS) is 47.8. The van der Waals surface area contributed by atoms with E-state index >= 15 is 0 Å². The Morgan fingerprint density at radius 2 is 1.68 bits per heavy atom. The molecule has 1 N–H and O–H groups in total. The molecular formula is C17H27NO. The predicted octanol–water partition coefficient (Wildman–Crippen LogP) is 3.30. The van der Waals surface area contributed by atoms with Crippen LogP contribution in [-0.2, 0) is 4.79 Å². The Morgan fingerprint density at radius 1 is 1.05 bits per heavy atom. The molecule has 5 rings (SSSR count). The number of carbonyl (C=O) groups excluding carboxylic acids is 1. The predicted molar refractivity (Wildman–Crippen MR) is 75.9 cm³/mol. The van der Waals surface area contributed by atoms with E-state index in [9.17, 15) is 4.79 Å². The van der Waals surface area contributed by atoms with Crippen molar-refractivity contribution in [2.45, 2.75) is 70.3 Å². The molecule has 19 heavy (non-hydrogen) atoms. The van der Waals surface area contributed by atoms with E-state index in [0.29, 0.717) is 11.2 Å². The van der Waals surface area contributed by atoms with Gasteiger partial charge in [0.05, 0.1) is 6.04 Å². The summed E-state index contributed by atoms with van der Waals surface area (Å²) >= 11 is 0. The minimum Gasteiger partial charge on any atom is -0.307 e. The second kappa shape index (κ2) is 4.58. The van der Waals surface area contributed by atoms with Crippen molar-refractivity contribution in [3.05, 3.63) is 0 Å². The average Bonchev–Trinajstić information content (AvgIpc) is 2.88. The molecule has 1 aliphatic heterocycles. The Balaban J connectivity index is 1.38. The lowest BCUT2D eigenvalue weighted by Gasteiger charge is -2.57. The van der Waals surface area contributed by atoms with Crippen LogP contribution >= 0.6 is 0 Å². The van der Waals surface area contributed by atoms with Crippen LogP contribution in [0, 0.1) is 23.2 Å². The fourth-order valence-electron chi connectivity index (χ4n) is 6.12. The number of Topliss-reactive ketones (excluding diaryl/α,β-unsaturated/α-hetero) is 1. The van der Waals surface area contributed by atoms with E-state index < -0.39 is 0 Å². The maximum atomic E-state index is 12.3. The Bertz CT molecular complexity index is 334. The highest BCUT2D eigenvalue weighted by Crippen LogP contribution is 2.61. The van der Waals surface area contributed by atoms with Gasteiger partial charge in [0, 0.05) is 6.42 Å². The van der Waals surface area contributed by atoms with Crippen LogP contribution in [0.3, 0.4) is 0 Å². The number of rotatable bonds is 4. The van der Waals surface area contributed by atoms with Crippen molar-refractivity contribution in [2.75, 3.05) is 6.54 Å². The minimum absolute atomic E-state index is 0.203. The number of nitrogens with one attached hydrogen (secondary N) is 1. The molecule has 0 aromatic carbocycles. The third-order valence-electron chi connectivity index (χ3n) is 6.52. The zero-order valence-corrected chi connectivity index (χ0v) is 12.0. The molecule has 106 valence electrons. The zero-order chi connectivity index (χ0) is 12.9. The fourth-order valence-corrected chi connectivity index (χ4v) is 6.12. The van der Waals surface area contributed by atoms with Gasteiger partial charge in [0.15, 0.2) is 0 Å². The SMILES string of the molecule is O=C(CCC12CC3CC(CC(C3)C1)C2)C1CCCN1. The minimum atomic E-state index is 0.203. The molecule has 1 atom stereocenters. The first-order valence-electron chi connectivity index (χ1n) is 8.49. The first-order chi connectivity index (χ1) is 9.22. The molecular weight excluding hydrogens is 234 g/mol. The third-order valence-corrected chi connectivity index (χ3v) is 6.52. The van der Waals surface area contributed by atoms with Gasteiger partial charge in [-0.05, 0) is 87.5 Å². The quantitative estimate of drug-likeness (QED) is 0.841. The monoisotopic (exact) mass is 261 g/mol. The number of hydrogen-bond acceptors (Lipinski definition) is 2. The smallest absolute Gasteiger partial charge is 0.149 e. The number of hydrogen-bond donors (Lipinski definition) is 1. The van der Waals surface area contributed by atoms with E-state index in [4.69, 9.17) is 0 Å². The van der Waals surface area contributed by atoms with Gasteiger partial charge in [0.2, 0.25) is 0 Å². The van der Waals surface area contributed by atoms with E-state index in [1.807, 2.05) is 0 Å². The van der Waals surface area contributed by atoms with Gasteiger partial charge in [-0.25, -0.2) is 0 Å². The molecule has 0 aromatic heterocycles. The Hall–Kier alpha value is -0.370. The molecule has 0 spiro atoms. The molecule has 4 bridgehead atoms. The second-order valence-corrected chi connectivity index (χ2v) is 8.03. The first-order valence-corrected chi connectivity index (χ1v) is 8.49. The highest BCUT2D eigenvalue weighted by atomic mass is 16.1. The molecule has 5 fully saturated rings. The maximum absolute atomic E-state index is 12.3. The first kappa shape index (κ1) is 12.4. The summed E-state index contributed by atoms with van der Waals surface area (Å²) in [5, 5.41) is 3.37. The van der Waals surface area contributed by atoms with Crippen LogP contribution in [0.2, 0.25) is 0 Å². The molecule has 1 heterocycles. The standard InChI is InChI=1S/C17H27NO/c19-16(15-2-1-5-18-15)3-4-17-9-12-6-13(10-17)8-14(7-12)11-17/h12-15,18H,1-11H2. The topological polar surface area (TPSA) is 29.1 Å². The Labute approximate surface area is 116 Å². The van der Waals surface area contributed by atoms with Gasteiger partial charge in [-0.2, -0.15) is 0 Å². The lowest BCUT2D eigenvalue weighted by atomic mass is 9.48. The third kappa shape index (κ3) is 2.26. The summed E-state index contributed by atoms with van der Waals surface area (Å²) in [5.74, 6) is 3.57. The van der Waals surface area contributed by atoms with Crippen LogP contribution in [-0.4, -0.2) is 18.4 Å². The Morgan fingerprint density at radius 3 is 2.21 bits per heavy atom. The maximum Gasteiger partial charge on any atom is 0.149 e. The second-order valence-electron chi connectivity index (χ2n) is 8.03.